The predicted molar refractivity (Wildman–Crippen MR) is 138 cm³/mol. The normalized spacial score (nSPS) is 15.6. The molecule has 0 saturated heterocycles. The van der Waals surface area contributed by atoms with E-state index in [0.717, 1.165) is 19.3 Å². The zero-order valence-corrected chi connectivity index (χ0v) is 22.5. The molecule has 0 fully saturated rings. The second-order valence-electron chi connectivity index (χ2n) is 9.38. The van der Waals surface area contributed by atoms with Crippen molar-refractivity contribution in [3.63, 3.8) is 0 Å². The molecule has 0 aliphatic heterocycles. The number of hydroxylamine groups is 2. The molecule has 0 saturated carbocycles. The number of unbranched alkanes of at least 4 members (excludes halogenated alkanes) is 2. The summed E-state index contributed by atoms with van der Waals surface area (Å²) in [5, 5.41) is 17.4. The third-order valence-electron chi connectivity index (χ3n) is 5.56. The average molecular weight is 518 g/mol. The second-order valence-corrected chi connectivity index (χ2v) is 9.38. The first kappa shape index (κ1) is 33.7. The number of likely N-dealkylation sites (N-methyl/N-ethyl adjacent to an activating group) is 1. The maximum Gasteiger partial charge on any atom is 0.325 e. The van der Waals surface area contributed by atoms with Crippen LogP contribution >= 0.6 is 0 Å². The molecule has 0 bridgehead atoms. The van der Waals surface area contributed by atoms with Gasteiger partial charge >= 0.3 is 5.97 Å². The van der Waals surface area contributed by atoms with Gasteiger partial charge in [-0.1, -0.05) is 0 Å². The number of nitrogens with two attached hydrogens (primary N) is 2. The molecule has 0 heterocycles. The number of carbonyl (C=O) groups is 2. The minimum absolute atomic E-state index is 0.0668. The van der Waals surface area contributed by atoms with Crippen LogP contribution in [0.5, 0.6) is 0 Å². The lowest BCUT2D eigenvalue weighted by molar-refractivity contribution is -0.151. The van der Waals surface area contributed by atoms with Gasteiger partial charge in [0.2, 0.25) is 5.91 Å². The largest absolute Gasteiger partial charge is 0.462 e. The van der Waals surface area contributed by atoms with Crippen molar-refractivity contribution in [2.24, 2.45) is 21.5 Å². The Morgan fingerprint density at radius 2 is 1.36 bits per heavy atom. The Balaban J connectivity index is 4.10. The number of aliphatic imine (C=N–C) groups is 2. The van der Waals surface area contributed by atoms with Gasteiger partial charge < -0.3 is 25.8 Å². The number of hydrogen-bond donors (Lipinski definition) is 6. The van der Waals surface area contributed by atoms with E-state index in [4.69, 9.17) is 31.4 Å². The molecule has 2 atom stereocenters. The average Bonchev–Trinajstić information content (AvgIpc) is 2.84. The Morgan fingerprint density at radius 3 is 1.86 bits per heavy atom. The van der Waals surface area contributed by atoms with Gasteiger partial charge in [0, 0.05) is 26.7 Å². The molecule has 210 valence electrons. The van der Waals surface area contributed by atoms with Gasteiger partial charge in [-0.2, -0.15) is 0 Å². The van der Waals surface area contributed by atoms with Crippen LogP contribution in [0.25, 0.3) is 0 Å². The number of esters is 1. The number of amidine groups is 2. The number of nitrogens with zero attached hydrogens (tertiary/aromatic N) is 3. The number of hydrogen-bond acceptors (Lipinski definition) is 10. The summed E-state index contributed by atoms with van der Waals surface area (Å²) in [6, 6.07) is 0. The summed E-state index contributed by atoms with van der Waals surface area (Å²) in [4.78, 5) is 34.6. The highest BCUT2D eigenvalue weighted by Gasteiger charge is 2.31. The summed E-state index contributed by atoms with van der Waals surface area (Å²) < 4.78 is 10.7. The van der Waals surface area contributed by atoms with Crippen LogP contribution in [-0.4, -0.2) is 96.4 Å². The van der Waals surface area contributed by atoms with Crippen LogP contribution in [0.2, 0.25) is 0 Å². The van der Waals surface area contributed by atoms with Gasteiger partial charge in [-0.25, -0.2) is 0 Å². The van der Waals surface area contributed by atoms with Crippen molar-refractivity contribution in [2.75, 3.05) is 46.5 Å². The number of carbonyl (C=O) groups excluding carboxylic acids is 2. The highest BCUT2D eigenvalue weighted by atomic mass is 16.6. The molecule has 2 unspecified atom stereocenters. The third kappa shape index (κ3) is 14.9. The molecular weight excluding hydrogens is 470 g/mol. The van der Waals surface area contributed by atoms with Gasteiger partial charge in [0.05, 0.1) is 18.8 Å². The van der Waals surface area contributed by atoms with Crippen molar-refractivity contribution in [3.8, 4) is 0 Å². The van der Waals surface area contributed by atoms with Crippen LogP contribution in [-0.2, 0) is 19.1 Å². The Kier molecular flexibility index (Phi) is 16.8. The van der Waals surface area contributed by atoms with Crippen molar-refractivity contribution in [1.82, 2.24) is 15.9 Å². The first-order valence-corrected chi connectivity index (χ1v) is 12.3. The van der Waals surface area contributed by atoms with Gasteiger partial charge in [-0.05, 0) is 66.2 Å². The highest BCUT2D eigenvalue weighted by Crippen LogP contribution is 2.14. The van der Waals surface area contributed by atoms with Crippen molar-refractivity contribution >= 4 is 23.5 Å². The molecule has 0 rings (SSSR count). The molecule has 0 aromatic heterocycles. The van der Waals surface area contributed by atoms with Crippen LogP contribution in [0.1, 0.15) is 66.2 Å². The molecule has 0 aliphatic carbocycles. The SMILES string of the molecule is CC(=NCCCCC(C)(N)C(=O)OCCOCCN(C)C(=O)C(C)(N)CCCCN=C(C)NO)NO. The second kappa shape index (κ2) is 18.0. The van der Waals surface area contributed by atoms with Crippen LogP contribution in [0.15, 0.2) is 9.98 Å². The van der Waals surface area contributed by atoms with Crippen LogP contribution in [0, 0.1) is 0 Å². The number of nitrogens with one attached hydrogen (secondary N) is 2. The Morgan fingerprint density at radius 1 is 0.861 bits per heavy atom. The Bertz CT molecular complexity index is 713. The van der Waals surface area contributed by atoms with E-state index in [-0.39, 0.29) is 25.7 Å². The maximum atomic E-state index is 12.6. The zero-order valence-electron chi connectivity index (χ0n) is 22.5. The molecule has 0 aromatic carbocycles. The fourth-order valence-corrected chi connectivity index (χ4v) is 3.18. The molecule has 0 radical (unpaired) electrons. The molecule has 0 aliphatic rings. The first-order chi connectivity index (χ1) is 16.9. The fraction of sp³-hybridized carbons (Fsp3) is 0.826. The quantitative estimate of drug-likeness (QED) is 0.0491. The zero-order chi connectivity index (χ0) is 27.6. The number of rotatable bonds is 18. The van der Waals surface area contributed by atoms with E-state index in [0.29, 0.717) is 50.6 Å². The highest BCUT2D eigenvalue weighted by molar-refractivity contribution is 5.85. The maximum absolute atomic E-state index is 12.6. The van der Waals surface area contributed by atoms with Crippen molar-refractivity contribution < 1.29 is 29.5 Å². The van der Waals surface area contributed by atoms with Crippen LogP contribution < -0.4 is 22.4 Å². The molecule has 13 nitrogen and oxygen atoms in total. The van der Waals surface area contributed by atoms with E-state index in [9.17, 15) is 9.59 Å². The molecule has 0 aromatic rings. The predicted octanol–water partition coefficient (Wildman–Crippen LogP) is 0.574. The number of amides is 1. The first-order valence-electron chi connectivity index (χ1n) is 12.3. The summed E-state index contributed by atoms with van der Waals surface area (Å²) in [7, 11) is 1.67. The van der Waals surface area contributed by atoms with Crippen molar-refractivity contribution in [1.29, 1.82) is 0 Å². The Labute approximate surface area is 214 Å². The topological polar surface area (TPSA) is 197 Å². The number of ether oxygens (including phenoxy) is 2. The van der Waals surface area contributed by atoms with E-state index < -0.39 is 17.0 Å². The van der Waals surface area contributed by atoms with Gasteiger partial charge in [0.25, 0.3) is 0 Å². The van der Waals surface area contributed by atoms with Gasteiger partial charge in [-0.15, -0.1) is 0 Å². The molecule has 13 heteroatoms. The minimum atomic E-state index is -1.10. The third-order valence-corrected chi connectivity index (χ3v) is 5.56. The molecule has 36 heavy (non-hydrogen) atoms. The summed E-state index contributed by atoms with van der Waals surface area (Å²) in [5.74, 6) is 0.199. The van der Waals surface area contributed by atoms with E-state index >= 15 is 0 Å². The van der Waals surface area contributed by atoms with E-state index in [2.05, 4.69) is 9.98 Å². The summed E-state index contributed by atoms with van der Waals surface area (Å²) >= 11 is 0. The monoisotopic (exact) mass is 517 g/mol. The van der Waals surface area contributed by atoms with Gasteiger partial charge in [0.15, 0.2) is 0 Å². The minimum Gasteiger partial charge on any atom is -0.462 e. The lowest BCUT2D eigenvalue weighted by Crippen LogP contribution is -2.52. The van der Waals surface area contributed by atoms with E-state index in [1.54, 1.807) is 34.7 Å². The standard InChI is InChI=1S/C23H47N7O6/c1-18(28-33)26-12-8-6-10-22(3,24)20(31)30(5)14-15-35-16-17-36-21(32)23(4,25)11-7-9-13-27-19(2)29-34/h33-34H,6-17,24-25H2,1-5H3,(H,26,28)(H,27,29). The van der Waals surface area contributed by atoms with E-state index in [1.807, 2.05) is 11.0 Å². The lowest BCUT2D eigenvalue weighted by Gasteiger charge is -2.29. The summed E-state index contributed by atoms with van der Waals surface area (Å²) in [6.45, 7) is 8.60. The lowest BCUT2D eigenvalue weighted by atomic mass is 9.94. The van der Waals surface area contributed by atoms with Crippen molar-refractivity contribution in [2.45, 2.75) is 77.3 Å². The van der Waals surface area contributed by atoms with Gasteiger partial charge in [-0.3, -0.25) is 40.9 Å². The summed E-state index contributed by atoms with van der Waals surface area (Å²) in [6.07, 6.45) is 3.86. The van der Waals surface area contributed by atoms with Crippen molar-refractivity contribution in [3.05, 3.63) is 0 Å². The summed E-state index contributed by atoms with van der Waals surface area (Å²) in [5.41, 5.74) is 14.1. The molecule has 1 amide bonds. The Hall–Kier alpha value is -2.32. The molecular formula is C23H47N7O6. The fourth-order valence-electron chi connectivity index (χ4n) is 3.18. The smallest absolute Gasteiger partial charge is 0.325 e. The van der Waals surface area contributed by atoms with Crippen LogP contribution in [0.3, 0.4) is 0 Å². The molecule has 0 spiro atoms. The van der Waals surface area contributed by atoms with Crippen LogP contribution in [0.4, 0.5) is 0 Å². The van der Waals surface area contributed by atoms with E-state index in [1.165, 1.54) is 4.90 Å². The van der Waals surface area contributed by atoms with Gasteiger partial charge in [0.1, 0.15) is 23.8 Å². The molecule has 8 N–H and O–H groups in total.